The highest BCUT2D eigenvalue weighted by atomic mass is 16.1. The van der Waals surface area contributed by atoms with Crippen LogP contribution < -0.4 is 5.32 Å². The maximum atomic E-state index is 12.2. The number of nitrogens with zero attached hydrogens (tertiary/aromatic N) is 3. The summed E-state index contributed by atoms with van der Waals surface area (Å²) in [5, 5.41) is 3.00. The third-order valence-electron chi connectivity index (χ3n) is 4.41. The second-order valence-corrected chi connectivity index (χ2v) is 6.33. The molecule has 0 aliphatic carbocycles. The molecule has 1 aliphatic rings. The summed E-state index contributed by atoms with van der Waals surface area (Å²) >= 11 is 0. The molecule has 24 heavy (non-hydrogen) atoms. The van der Waals surface area contributed by atoms with Gasteiger partial charge in [-0.15, -0.1) is 0 Å². The number of benzene rings is 1. The van der Waals surface area contributed by atoms with Crippen molar-refractivity contribution < 1.29 is 4.79 Å². The molecular weight excluding hydrogens is 300 g/mol. The molecule has 0 unspecified atom stereocenters. The number of carbonyl (C=O) groups is 1. The first kappa shape index (κ1) is 16.6. The number of hydrogen-bond donors (Lipinski definition) is 1. The molecule has 126 valence electrons. The number of likely N-dealkylation sites (tertiary alicyclic amines) is 1. The summed E-state index contributed by atoms with van der Waals surface area (Å²) in [6.07, 6.45) is 4.31. The Morgan fingerprint density at radius 1 is 1.17 bits per heavy atom. The Morgan fingerprint density at radius 2 is 1.88 bits per heavy atom. The number of nitrogens with one attached hydrogen (secondary N) is 1. The fourth-order valence-electron chi connectivity index (χ4n) is 3.03. The van der Waals surface area contributed by atoms with Crippen molar-refractivity contribution in [3.05, 3.63) is 47.4 Å². The smallest absolute Gasteiger partial charge is 0.251 e. The van der Waals surface area contributed by atoms with Gasteiger partial charge in [0.15, 0.2) is 0 Å². The minimum Gasteiger partial charge on any atom is -0.351 e. The normalized spacial score (nSPS) is 14.8. The highest BCUT2D eigenvalue weighted by Gasteiger charge is 2.12. The third-order valence-corrected chi connectivity index (χ3v) is 4.41. The first-order chi connectivity index (χ1) is 11.6. The quantitative estimate of drug-likeness (QED) is 0.918. The van der Waals surface area contributed by atoms with E-state index in [1.807, 2.05) is 38.1 Å². The number of hydrogen-bond acceptors (Lipinski definition) is 4. The number of rotatable bonds is 5. The van der Waals surface area contributed by atoms with Crippen molar-refractivity contribution in [2.45, 2.75) is 26.7 Å². The van der Waals surface area contributed by atoms with Gasteiger partial charge in [0, 0.05) is 30.4 Å². The zero-order valence-corrected chi connectivity index (χ0v) is 14.4. The average molecular weight is 324 g/mol. The third kappa shape index (κ3) is 3.97. The van der Waals surface area contributed by atoms with Gasteiger partial charge in [-0.2, -0.15) is 0 Å². The molecule has 0 bridgehead atoms. The molecular formula is C19H24N4O. The van der Waals surface area contributed by atoms with E-state index in [-0.39, 0.29) is 5.91 Å². The van der Waals surface area contributed by atoms with Gasteiger partial charge < -0.3 is 10.2 Å². The van der Waals surface area contributed by atoms with Crippen LogP contribution in [0, 0.1) is 13.8 Å². The largest absolute Gasteiger partial charge is 0.351 e. The van der Waals surface area contributed by atoms with Gasteiger partial charge in [-0.1, -0.05) is 12.1 Å². The van der Waals surface area contributed by atoms with Crippen LogP contribution in [0.2, 0.25) is 0 Å². The van der Waals surface area contributed by atoms with Crippen molar-refractivity contribution in [2.24, 2.45) is 0 Å². The molecule has 1 aromatic carbocycles. The first-order valence-corrected chi connectivity index (χ1v) is 8.55. The highest BCUT2D eigenvalue weighted by molar-refractivity contribution is 5.94. The summed E-state index contributed by atoms with van der Waals surface area (Å²) in [6, 6.07) is 7.58. The van der Waals surface area contributed by atoms with E-state index in [9.17, 15) is 4.79 Å². The van der Waals surface area contributed by atoms with Crippen molar-refractivity contribution in [3.8, 4) is 11.3 Å². The average Bonchev–Trinajstić information content (AvgIpc) is 3.10. The Bertz CT molecular complexity index is 706. The van der Waals surface area contributed by atoms with Gasteiger partial charge in [-0.3, -0.25) is 9.78 Å². The van der Waals surface area contributed by atoms with E-state index in [0.29, 0.717) is 12.1 Å². The predicted molar refractivity (Wildman–Crippen MR) is 94.9 cm³/mol. The molecule has 1 amide bonds. The van der Waals surface area contributed by atoms with Crippen LogP contribution in [0.4, 0.5) is 0 Å². The summed E-state index contributed by atoms with van der Waals surface area (Å²) in [4.78, 5) is 23.5. The number of aromatic nitrogens is 2. The fourth-order valence-corrected chi connectivity index (χ4v) is 3.03. The van der Waals surface area contributed by atoms with Crippen LogP contribution in [0.3, 0.4) is 0 Å². The fraction of sp³-hybridized carbons (Fsp3) is 0.421. The Hall–Kier alpha value is -2.27. The van der Waals surface area contributed by atoms with Gasteiger partial charge in [0.25, 0.3) is 5.91 Å². The molecule has 0 saturated carbocycles. The van der Waals surface area contributed by atoms with E-state index in [1.54, 1.807) is 6.20 Å². The van der Waals surface area contributed by atoms with Gasteiger partial charge in [-0.25, -0.2) is 4.98 Å². The molecule has 2 aromatic rings. The molecule has 0 radical (unpaired) electrons. The molecule has 1 aromatic heterocycles. The van der Waals surface area contributed by atoms with Crippen molar-refractivity contribution in [2.75, 3.05) is 26.2 Å². The zero-order valence-electron chi connectivity index (χ0n) is 14.4. The van der Waals surface area contributed by atoms with Crippen LogP contribution in [-0.2, 0) is 0 Å². The van der Waals surface area contributed by atoms with Crippen molar-refractivity contribution in [1.82, 2.24) is 20.2 Å². The molecule has 1 aliphatic heterocycles. The number of amides is 1. The first-order valence-electron chi connectivity index (χ1n) is 8.55. The summed E-state index contributed by atoms with van der Waals surface area (Å²) in [5.74, 6) is -0.0206. The van der Waals surface area contributed by atoms with Gasteiger partial charge in [-0.05, 0) is 51.9 Å². The van der Waals surface area contributed by atoms with Crippen LogP contribution in [0.25, 0.3) is 11.3 Å². The summed E-state index contributed by atoms with van der Waals surface area (Å²) in [6.45, 7) is 7.81. The predicted octanol–water partition coefficient (Wildman–Crippen LogP) is 2.59. The molecule has 1 N–H and O–H groups in total. The summed E-state index contributed by atoms with van der Waals surface area (Å²) in [5.41, 5.74) is 4.31. The zero-order chi connectivity index (χ0) is 16.9. The van der Waals surface area contributed by atoms with Crippen LogP contribution in [0.5, 0.6) is 0 Å². The van der Waals surface area contributed by atoms with E-state index in [1.165, 1.54) is 12.8 Å². The lowest BCUT2D eigenvalue weighted by Gasteiger charge is -2.14. The standard InChI is InChI=1S/C19H24N4O/c1-14-13-21-15(2)18(22-14)16-5-7-17(8-6-16)19(24)20-9-12-23-10-3-4-11-23/h5-8,13H,3-4,9-12H2,1-2H3,(H,20,24). The molecule has 1 saturated heterocycles. The summed E-state index contributed by atoms with van der Waals surface area (Å²) in [7, 11) is 0. The maximum absolute atomic E-state index is 12.2. The second-order valence-electron chi connectivity index (χ2n) is 6.33. The lowest BCUT2D eigenvalue weighted by atomic mass is 10.1. The Kier molecular flexibility index (Phi) is 5.20. The topological polar surface area (TPSA) is 58.1 Å². The van der Waals surface area contributed by atoms with Crippen molar-refractivity contribution in [3.63, 3.8) is 0 Å². The van der Waals surface area contributed by atoms with E-state index >= 15 is 0 Å². The minimum absolute atomic E-state index is 0.0206. The van der Waals surface area contributed by atoms with Gasteiger partial charge in [0.05, 0.1) is 17.1 Å². The lowest BCUT2D eigenvalue weighted by molar-refractivity contribution is 0.0950. The Labute approximate surface area is 143 Å². The molecule has 3 rings (SSSR count). The molecule has 0 spiro atoms. The van der Waals surface area contributed by atoms with Crippen molar-refractivity contribution >= 4 is 5.91 Å². The maximum Gasteiger partial charge on any atom is 0.251 e. The van der Waals surface area contributed by atoms with E-state index in [2.05, 4.69) is 20.2 Å². The van der Waals surface area contributed by atoms with Gasteiger partial charge in [0.1, 0.15) is 0 Å². The number of aryl methyl sites for hydroxylation is 2. The molecule has 5 heteroatoms. The molecule has 2 heterocycles. The van der Waals surface area contributed by atoms with Crippen LogP contribution in [-0.4, -0.2) is 47.0 Å². The Morgan fingerprint density at radius 3 is 2.58 bits per heavy atom. The summed E-state index contributed by atoms with van der Waals surface area (Å²) < 4.78 is 0. The highest BCUT2D eigenvalue weighted by Crippen LogP contribution is 2.20. The molecule has 5 nitrogen and oxygen atoms in total. The lowest BCUT2D eigenvalue weighted by Crippen LogP contribution is -2.33. The van der Waals surface area contributed by atoms with Crippen molar-refractivity contribution in [1.29, 1.82) is 0 Å². The molecule has 0 atom stereocenters. The van der Waals surface area contributed by atoms with Crippen LogP contribution in [0.15, 0.2) is 30.5 Å². The van der Waals surface area contributed by atoms with Crippen LogP contribution in [0.1, 0.15) is 34.6 Å². The number of carbonyl (C=O) groups excluding carboxylic acids is 1. The monoisotopic (exact) mass is 324 g/mol. The Balaban J connectivity index is 1.61. The van der Waals surface area contributed by atoms with E-state index < -0.39 is 0 Å². The SMILES string of the molecule is Cc1cnc(C)c(-c2ccc(C(=O)NCCN3CCCC3)cc2)n1. The molecule has 1 fully saturated rings. The van der Waals surface area contributed by atoms with Gasteiger partial charge in [0.2, 0.25) is 0 Å². The van der Waals surface area contributed by atoms with E-state index in [4.69, 9.17) is 0 Å². The minimum atomic E-state index is -0.0206. The van der Waals surface area contributed by atoms with Crippen LogP contribution >= 0.6 is 0 Å². The second kappa shape index (κ2) is 7.53. The van der Waals surface area contributed by atoms with Gasteiger partial charge >= 0.3 is 0 Å². The van der Waals surface area contributed by atoms with E-state index in [0.717, 1.165) is 42.3 Å².